The Morgan fingerprint density at radius 3 is 2.50 bits per heavy atom. The monoisotopic (exact) mass is 472 g/mol. The standard InChI is InChI=1S/C21H23Cl2FN2O3S/c1-12-4-3-5-20(13(12)2)26-30(28,29)15-7-9-19(24)16(11-15)21(27)25-14-6-8-17(22)18(23)10-14/h6-13,20,26H,3-5H2,1-2H3,(H,25,27). The summed E-state index contributed by atoms with van der Waals surface area (Å²) in [5, 5.41) is 3.04. The van der Waals surface area contributed by atoms with Gasteiger partial charge in [0, 0.05) is 11.7 Å². The molecule has 1 aliphatic carbocycles. The predicted molar refractivity (Wildman–Crippen MR) is 117 cm³/mol. The number of carbonyl (C=O) groups excluding carboxylic acids is 1. The minimum atomic E-state index is -3.91. The molecular formula is C21H23Cl2FN2O3S. The third kappa shape index (κ3) is 5.14. The van der Waals surface area contributed by atoms with E-state index in [9.17, 15) is 17.6 Å². The van der Waals surface area contributed by atoms with Crippen molar-refractivity contribution < 1.29 is 17.6 Å². The second-order valence-corrected chi connectivity index (χ2v) is 10.2. The number of rotatable bonds is 5. The second-order valence-electron chi connectivity index (χ2n) is 7.72. The van der Waals surface area contributed by atoms with Crippen molar-refractivity contribution in [3.8, 4) is 0 Å². The minimum Gasteiger partial charge on any atom is -0.322 e. The van der Waals surface area contributed by atoms with E-state index in [1.165, 1.54) is 18.2 Å². The molecule has 1 saturated carbocycles. The van der Waals surface area contributed by atoms with E-state index >= 15 is 0 Å². The van der Waals surface area contributed by atoms with Crippen LogP contribution in [-0.2, 0) is 10.0 Å². The number of sulfonamides is 1. The van der Waals surface area contributed by atoms with E-state index in [0.29, 0.717) is 16.6 Å². The number of benzene rings is 2. The molecule has 0 heterocycles. The highest BCUT2D eigenvalue weighted by atomic mass is 35.5. The highest BCUT2D eigenvalue weighted by molar-refractivity contribution is 7.89. The Bertz CT molecular complexity index is 1060. The maximum Gasteiger partial charge on any atom is 0.258 e. The van der Waals surface area contributed by atoms with Gasteiger partial charge in [-0.05, 0) is 54.7 Å². The third-order valence-corrected chi connectivity index (χ3v) is 7.91. The summed E-state index contributed by atoms with van der Waals surface area (Å²) in [5.74, 6) is -1.02. The normalized spacial score (nSPS) is 22.0. The SMILES string of the molecule is CC1CCCC(NS(=O)(=O)c2ccc(F)c(C(=O)Nc3ccc(Cl)c(Cl)c3)c2)C1C. The van der Waals surface area contributed by atoms with Gasteiger partial charge < -0.3 is 5.32 Å². The molecule has 5 nitrogen and oxygen atoms in total. The lowest BCUT2D eigenvalue weighted by Crippen LogP contribution is -2.43. The van der Waals surface area contributed by atoms with Gasteiger partial charge in [0.1, 0.15) is 5.82 Å². The second kappa shape index (κ2) is 9.22. The molecule has 0 aromatic heterocycles. The molecule has 3 rings (SSSR count). The van der Waals surface area contributed by atoms with Crippen LogP contribution >= 0.6 is 23.2 Å². The number of amides is 1. The van der Waals surface area contributed by atoms with Gasteiger partial charge in [0.15, 0.2) is 0 Å². The summed E-state index contributed by atoms with van der Waals surface area (Å²) in [6.07, 6.45) is 2.75. The molecule has 3 unspecified atom stereocenters. The summed E-state index contributed by atoms with van der Waals surface area (Å²) in [5.41, 5.74) is -0.0702. The number of nitrogens with one attached hydrogen (secondary N) is 2. The Labute approximate surface area is 186 Å². The fourth-order valence-corrected chi connectivity index (χ4v) is 5.32. The zero-order chi connectivity index (χ0) is 22.1. The van der Waals surface area contributed by atoms with Gasteiger partial charge in [-0.3, -0.25) is 4.79 Å². The molecule has 3 atom stereocenters. The van der Waals surface area contributed by atoms with Crippen LogP contribution in [-0.4, -0.2) is 20.4 Å². The predicted octanol–water partition coefficient (Wildman–Crippen LogP) is 5.49. The quantitative estimate of drug-likeness (QED) is 0.603. The first kappa shape index (κ1) is 23.0. The molecule has 0 aliphatic heterocycles. The van der Waals surface area contributed by atoms with Crippen LogP contribution in [0.25, 0.3) is 0 Å². The molecule has 2 aromatic rings. The van der Waals surface area contributed by atoms with Gasteiger partial charge >= 0.3 is 0 Å². The van der Waals surface area contributed by atoms with Crippen molar-refractivity contribution in [1.82, 2.24) is 4.72 Å². The molecule has 9 heteroatoms. The summed E-state index contributed by atoms with van der Waals surface area (Å²) in [7, 11) is -3.91. The fourth-order valence-electron chi connectivity index (χ4n) is 3.63. The minimum absolute atomic E-state index is 0.159. The van der Waals surface area contributed by atoms with Crippen molar-refractivity contribution in [2.45, 2.75) is 44.0 Å². The Morgan fingerprint density at radius 1 is 1.07 bits per heavy atom. The molecular weight excluding hydrogens is 450 g/mol. The molecule has 2 aromatic carbocycles. The van der Waals surface area contributed by atoms with Crippen LogP contribution in [0.5, 0.6) is 0 Å². The van der Waals surface area contributed by atoms with Gasteiger partial charge in [-0.15, -0.1) is 0 Å². The van der Waals surface area contributed by atoms with E-state index < -0.39 is 21.7 Å². The summed E-state index contributed by atoms with van der Waals surface area (Å²) >= 11 is 11.8. The van der Waals surface area contributed by atoms with Gasteiger partial charge in [0.25, 0.3) is 5.91 Å². The van der Waals surface area contributed by atoms with Crippen LogP contribution in [0.4, 0.5) is 10.1 Å². The lowest BCUT2D eigenvalue weighted by Gasteiger charge is -2.34. The van der Waals surface area contributed by atoms with Crippen molar-refractivity contribution in [2.75, 3.05) is 5.32 Å². The molecule has 1 amide bonds. The van der Waals surface area contributed by atoms with Crippen LogP contribution in [0.15, 0.2) is 41.3 Å². The topological polar surface area (TPSA) is 75.3 Å². The zero-order valence-corrected chi connectivity index (χ0v) is 18.9. The number of anilines is 1. The van der Waals surface area contributed by atoms with E-state index in [-0.39, 0.29) is 27.4 Å². The van der Waals surface area contributed by atoms with E-state index in [4.69, 9.17) is 23.2 Å². The van der Waals surface area contributed by atoms with Gasteiger partial charge in [0.05, 0.1) is 20.5 Å². The van der Waals surface area contributed by atoms with Crippen LogP contribution in [0.1, 0.15) is 43.5 Å². The Kier molecular flexibility index (Phi) is 7.07. The third-order valence-electron chi connectivity index (χ3n) is 5.68. The molecule has 1 aliphatic rings. The average molecular weight is 473 g/mol. The molecule has 0 bridgehead atoms. The Morgan fingerprint density at radius 2 is 1.80 bits per heavy atom. The number of hydrogen-bond acceptors (Lipinski definition) is 3. The largest absolute Gasteiger partial charge is 0.322 e. The Hall–Kier alpha value is -1.67. The molecule has 30 heavy (non-hydrogen) atoms. The molecule has 162 valence electrons. The van der Waals surface area contributed by atoms with Crippen molar-refractivity contribution >= 4 is 44.8 Å². The first-order chi connectivity index (χ1) is 14.1. The van der Waals surface area contributed by atoms with Gasteiger partial charge in [-0.25, -0.2) is 17.5 Å². The summed E-state index contributed by atoms with van der Waals surface area (Å²) in [6, 6.07) is 7.41. The molecule has 1 fully saturated rings. The average Bonchev–Trinajstić information content (AvgIpc) is 2.68. The Balaban J connectivity index is 1.83. The van der Waals surface area contributed by atoms with Crippen molar-refractivity contribution in [2.24, 2.45) is 11.8 Å². The molecule has 0 spiro atoms. The van der Waals surface area contributed by atoms with Gasteiger partial charge in [-0.2, -0.15) is 0 Å². The van der Waals surface area contributed by atoms with Crippen LogP contribution in [0.2, 0.25) is 10.0 Å². The summed E-state index contributed by atoms with van der Waals surface area (Å²) in [6.45, 7) is 4.13. The van der Waals surface area contributed by atoms with Gasteiger partial charge in [0.2, 0.25) is 10.0 Å². The maximum absolute atomic E-state index is 14.3. The highest BCUT2D eigenvalue weighted by Crippen LogP contribution is 2.31. The smallest absolute Gasteiger partial charge is 0.258 e. The fraction of sp³-hybridized carbons (Fsp3) is 0.381. The number of halogens is 3. The van der Waals surface area contributed by atoms with Gasteiger partial charge in [-0.1, -0.05) is 49.9 Å². The first-order valence-corrected chi connectivity index (χ1v) is 11.9. The van der Waals surface area contributed by atoms with Crippen LogP contribution in [0, 0.1) is 17.7 Å². The summed E-state index contributed by atoms with van der Waals surface area (Å²) < 4.78 is 42.8. The van der Waals surface area contributed by atoms with Crippen LogP contribution in [0.3, 0.4) is 0 Å². The zero-order valence-electron chi connectivity index (χ0n) is 16.6. The van der Waals surface area contributed by atoms with E-state index in [0.717, 1.165) is 37.5 Å². The van der Waals surface area contributed by atoms with E-state index in [1.54, 1.807) is 0 Å². The van der Waals surface area contributed by atoms with Crippen molar-refractivity contribution in [3.63, 3.8) is 0 Å². The molecule has 0 radical (unpaired) electrons. The van der Waals surface area contributed by atoms with Crippen molar-refractivity contribution in [3.05, 3.63) is 57.8 Å². The lowest BCUT2D eigenvalue weighted by atomic mass is 9.78. The first-order valence-electron chi connectivity index (χ1n) is 9.67. The lowest BCUT2D eigenvalue weighted by molar-refractivity contribution is 0.102. The number of hydrogen-bond donors (Lipinski definition) is 2. The van der Waals surface area contributed by atoms with E-state index in [2.05, 4.69) is 17.0 Å². The van der Waals surface area contributed by atoms with Crippen LogP contribution < -0.4 is 10.0 Å². The highest BCUT2D eigenvalue weighted by Gasteiger charge is 2.31. The van der Waals surface area contributed by atoms with Crippen molar-refractivity contribution in [1.29, 1.82) is 0 Å². The molecule has 2 N–H and O–H groups in total. The van der Waals surface area contributed by atoms with E-state index in [1.807, 2.05) is 6.92 Å². The molecule has 0 saturated heterocycles. The maximum atomic E-state index is 14.3. The number of carbonyl (C=O) groups is 1. The summed E-state index contributed by atoms with van der Waals surface area (Å²) in [4.78, 5) is 12.4.